The van der Waals surface area contributed by atoms with Gasteiger partial charge in [0.1, 0.15) is 0 Å². The molecule has 0 fully saturated rings. The molecule has 6 aromatic heterocycles. The van der Waals surface area contributed by atoms with Gasteiger partial charge in [-0.3, -0.25) is 29.9 Å². The first kappa shape index (κ1) is 83.7. The van der Waals surface area contributed by atoms with Crippen LogP contribution in [0.25, 0.3) is 281 Å². The second-order valence-corrected chi connectivity index (χ2v) is 39.8. The van der Waals surface area contributed by atoms with Gasteiger partial charge in [0.2, 0.25) is 0 Å². The van der Waals surface area contributed by atoms with Gasteiger partial charge in [-0.1, -0.05) is 351 Å². The molecular weight excluding hydrogens is 1780 g/mol. The molecule has 6 heterocycles. The summed E-state index contributed by atoms with van der Waals surface area (Å²) < 4.78 is 7.94. The molecule has 23 aromatic carbocycles. The van der Waals surface area contributed by atoms with Gasteiger partial charge in [0.05, 0.1) is 33.1 Å². The molecule has 0 radical (unpaired) electrons. The fourth-order valence-electron chi connectivity index (χ4n) is 21.5. The van der Waals surface area contributed by atoms with Crippen molar-refractivity contribution in [2.45, 2.75) is 6.92 Å². The number of thiophene rings is 3. The molecule has 0 saturated heterocycles. The molecule has 0 N–H and O–H groups in total. The molecule has 0 amide bonds. The van der Waals surface area contributed by atoms with Crippen molar-refractivity contribution >= 4 is 192 Å². The SMILES string of the molecule is Cc1ccc2sc3ccc(-c4cccc(-c5ccc6c(c5)c5ccccc5c5nccnc65)c4)cc3c2c1.c1ccc(-c2cc(-c3ccccc3)c3sc4c(-c5ccccc5)cc(-c5cccc(-c6ccc7c(c6)c6ccccc6c6nccnc76)c5)cc4c3c2)cc1.c1ccc(-c2cccc3c2sc2c(-c4ccccc4)cc(-c4cccc(-c5ccc6c(c5)c5ccccc5c5nccnc65)c4)cc23)cc1. The molecule has 29 aromatic rings. The highest BCUT2D eigenvalue weighted by molar-refractivity contribution is 7.27. The molecule has 662 valence electrons. The summed E-state index contributed by atoms with van der Waals surface area (Å²) in [6, 6.07) is 161. The van der Waals surface area contributed by atoms with E-state index < -0.39 is 0 Å². The Morgan fingerprint density at radius 1 is 0.134 bits per heavy atom. The van der Waals surface area contributed by atoms with E-state index in [4.69, 9.17) is 24.9 Å². The summed E-state index contributed by atoms with van der Waals surface area (Å²) in [6.07, 6.45) is 10.7. The van der Waals surface area contributed by atoms with Crippen LogP contribution < -0.4 is 0 Å². The zero-order chi connectivity index (χ0) is 93.8. The standard InChI is InChI=1S/C52H32N2S.C46H28N2S.C35H22N2S/c1-4-13-33(14-5-1)39-29-44(34-15-6-2-7-16-34)51-47(31-39)48-32-40(30-45(52(48)55-51)35-17-8-3-9-18-35)37-20-12-19-36(27-37)38-23-24-43-46(28-38)41-21-10-11-22-42(41)49-50(43)54-26-25-53-49;1-3-11-29(12-4-1)35-19-10-20-39-42-28-34(27-40(46(42)49-45(35)39)30-13-5-2-6-14-30)32-16-9-15-31(25-32)33-21-22-38-41(26-33)36-17-7-8-18-37(36)43-44(38)48-24-23-47-43;1-21-9-13-32-30(17-21)31-20-25(11-14-33(31)38-32)23-6-4-5-22(18-23)24-10-12-28-29(19-24)26-7-2-3-8-27(26)34-35(28)37-16-15-36-34/h1-32H;1-28H;2-20H,1H3. The predicted molar refractivity (Wildman–Crippen MR) is 607 cm³/mol. The molecule has 9 heteroatoms. The smallest absolute Gasteiger partial charge is 0.0971 e. The summed E-state index contributed by atoms with van der Waals surface area (Å²) in [6.45, 7) is 2.17. The Morgan fingerprint density at radius 2 is 0.373 bits per heavy atom. The van der Waals surface area contributed by atoms with Gasteiger partial charge < -0.3 is 0 Å². The Morgan fingerprint density at radius 3 is 0.739 bits per heavy atom. The van der Waals surface area contributed by atoms with Crippen molar-refractivity contribution in [2.24, 2.45) is 0 Å². The number of nitrogens with zero attached hydrogens (tertiary/aromatic N) is 6. The Kier molecular flexibility index (Phi) is 20.7. The average Bonchev–Trinajstić information content (AvgIpc) is 1.07. The number of hydrogen-bond acceptors (Lipinski definition) is 9. The lowest BCUT2D eigenvalue weighted by molar-refractivity contribution is 1.31. The van der Waals surface area contributed by atoms with Crippen LogP contribution >= 0.6 is 34.0 Å². The van der Waals surface area contributed by atoms with E-state index in [2.05, 4.69) is 455 Å². The first-order chi connectivity index (χ1) is 70.3. The van der Waals surface area contributed by atoms with E-state index in [1.54, 1.807) is 37.2 Å². The monoisotopic (exact) mass is 1860 g/mol. The van der Waals surface area contributed by atoms with Gasteiger partial charge >= 0.3 is 0 Å². The summed E-state index contributed by atoms with van der Waals surface area (Å²) >= 11 is 5.67. The molecule has 142 heavy (non-hydrogen) atoms. The second-order valence-electron chi connectivity index (χ2n) is 36.7. The third-order valence-electron chi connectivity index (χ3n) is 28.3. The summed E-state index contributed by atoms with van der Waals surface area (Å²) in [4.78, 5) is 28.3. The molecule has 0 spiro atoms. The lowest BCUT2D eigenvalue weighted by atomic mass is 9.91. The van der Waals surface area contributed by atoms with Crippen LogP contribution in [0.3, 0.4) is 0 Å². The fourth-order valence-corrected chi connectivity index (χ4v) is 25.2. The minimum atomic E-state index is 0.937. The summed E-state index contributed by atoms with van der Waals surface area (Å²) in [5.74, 6) is 0. The normalized spacial score (nSPS) is 11.7. The van der Waals surface area contributed by atoms with Crippen molar-refractivity contribution in [1.29, 1.82) is 0 Å². The minimum absolute atomic E-state index is 0.937. The molecule has 0 aliphatic carbocycles. The van der Waals surface area contributed by atoms with Crippen molar-refractivity contribution in [3.05, 3.63) is 486 Å². The molecule has 29 rings (SSSR count). The first-order valence-corrected chi connectivity index (χ1v) is 50.5. The summed E-state index contributed by atoms with van der Waals surface area (Å²) in [5.41, 5.74) is 33.8. The van der Waals surface area contributed by atoms with E-state index >= 15 is 0 Å². The van der Waals surface area contributed by atoms with Crippen molar-refractivity contribution in [1.82, 2.24) is 29.9 Å². The van der Waals surface area contributed by atoms with E-state index in [0.717, 1.165) is 65.4 Å². The Hall–Kier alpha value is -17.7. The molecular formula is C133H82N6S3. The second kappa shape index (κ2) is 35.1. The van der Waals surface area contributed by atoms with Crippen LogP contribution in [0.1, 0.15) is 5.56 Å². The van der Waals surface area contributed by atoms with Gasteiger partial charge in [-0.05, 0) is 242 Å². The number of fused-ring (bicyclic) bond motifs is 27. The van der Waals surface area contributed by atoms with Gasteiger partial charge in [-0.2, -0.15) is 0 Å². The Balaban J connectivity index is 0.000000108. The zero-order valence-electron chi connectivity index (χ0n) is 77.0. The van der Waals surface area contributed by atoms with Gasteiger partial charge in [0.25, 0.3) is 0 Å². The van der Waals surface area contributed by atoms with Crippen molar-refractivity contribution in [3.63, 3.8) is 0 Å². The lowest BCUT2D eigenvalue weighted by Crippen LogP contribution is -1.89. The molecule has 0 saturated carbocycles. The maximum atomic E-state index is 4.77. The molecule has 0 atom stereocenters. The van der Waals surface area contributed by atoms with Gasteiger partial charge in [-0.15, -0.1) is 34.0 Å². The zero-order valence-corrected chi connectivity index (χ0v) is 79.5. The van der Waals surface area contributed by atoms with Crippen LogP contribution in [0.15, 0.2) is 480 Å². The van der Waals surface area contributed by atoms with Crippen LogP contribution in [0, 0.1) is 6.92 Å². The van der Waals surface area contributed by atoms with Crippen LogP contribution in [0.5, 0.6) is 0 Å². The van der Waals surface area contributed by atoms with Crippen LogP contribution in [-0.4, -0.2) is 29.9 Å². The minimum Gasteiger partial charge on any atom is -0.252 e. The van der Waals surface area contributed by atoms with Crippen molar-refractivity contribution in [2.75, 3.05) is 0 Å². The highest BCUT2D eigenvalue weighted by atomic mass is 32.1. The maximum Gasteiger partial charge on any atom is 0.0971 e. The van der Waals surface area contributed by atoms with Gasteiger partial charge in [0.15, 0.2) is 0 Å². The van der Waals surface area contributed by atoms with E-state index in [9.17, 15) is 0 Å². The van der Waals surface area contributed by atoms with Gasteiger partial charge in [0, 0.05) is 147 Å². The van der Waals surface area contributed by atoms with E-state index in [1.165, 1.54) is 221 Å². The first-order valence-electron chi connectivity index (χ1n) is 48.0. The van der Waals surface area contributed by atoms with Crippen LogP contribution in [0.2, 0.25) is 0 Å². The number of aromatic nitrogens is 6. The van der Waals surface area contributed by atoms with Crippen molar-refractivity contribution in [3.8, 4) is 122 Å². The summed E-state index contributed by atoms with van der Waals surface area (Å²) in [5, 5.41) is 21.8. The van der Waals surface area contributed by atoms with E-state index in [-0.39, 0.29) is 0 Å². The molecule has 6 nitrogen and oxygen atoms in total. The average molecular weight is 1860 g/mol. The van der Waals surface area contributed by atoms with Crippen molar-refractivity contribution < 1.29 is 0 Å². The van der Waals surface area contributed by atoms with E-state index in [1.807, 2.05) is 34.0 Å². The number of rotatable bonds is 11. The molecule has 0 bridgehead atoms. The largest absolute Gasteiger partial charge is 0.252 e. The quantitative estimate of drug-likeness (QED) is 0.120. The third kappa shape index (κ3) is 14.7. The van der Waals surface area contributed by atoms with Crippen LogP contribution in [-0.2, 0) is 0 Å². The van der Waals surface area contributed by atoms with E-state index in [0.29, 0.717) is 0 Å². The summed E-state index contributed by atoms with van der Waals surface area (Å²) in [7, 11) is 0. The molecule has 0 aliphatic rings. The fraction of sp³-hybridized carbons (Fsp3) is 0.00752. The third-order valence-corrected chi connectivity index (χ3v) is 32.0. The highest BCUT2D eigenvalue weighted by Gasteiger charge is 2.24. The highest BCUT2D eigenvalue weighted by Crippen LogP contribution is 2.52. The Bertz CT molecular complexity index is 10000. The topological polar surface area (TPSA) is 77.3 Å². The lowest BCUT2D eigenvalue weighted by Gasteiger charge is -2.12. The number of hydrogen-bond donors (Lipinski definition) is 0. The predicted octanol–water partition coefficient (Wildman–Crippen LogP) is 37.6. The maximum absolute atomic E-state index is 4.77. The molecule has 0 unspecified atom stereocenters. The Labute approximate surface area is 830 Å². The number of benzene rings is 23. The molecule has 0 aliphatic heterocycles. The number of aryl methyl sites for hydroxylation is 1. The van der Waals surface area contributed by atoms with Crippen LogP contribution in [0.4, 0.5) is 0 Å². The van der Waals surface area contributed by atoms with Gasteiger partial charge in [-0.25, -0.2) is 0 Å².